The topological polar surface area (TPSA) is 89.1 Å². The van der Waals surface area contributed by atoms with E-state index in [-0.39, 0.29) is 24.2 Å². The van der Waals surface area contributed by atoms with Crippen LogP contribution in [0.15, 0.2) is 30.3 Å². The second kappa shape index (κ2) is 14.2. The molecule has 1 unspecified atom stereocenters. The van der Waals surface area contributed by atoms with Crippen LogP contribution in [0.4, 0.5) is 0 Å². The smallest absolute Gasteiger partial charge is 0.308 e. The Labute approximate surface area is 192 Å². The van der Waals surface area contributed by atoms with Gasteiger partial charge in [-0.05, 0) is 26.3 Å². The first-order chi connectivity index (χ1) is 15.3. The minimum Gasteiger partial charge on any atom is -0.460 e. The van der Waals surface area contributed by atoms with E-state index < -0.39 is 5.60 Å². The van der Waals surface area contributed by atoms with Crippen LogP contribution in [0.25, 0.3) is 0 Å². The molecule has 1 aliphatic rings. The van der Waals surface area contributed by atoms with Gasteiger partial charge in [0.25, 0.3) is 0 Å². The number of amides is 1. The van der Waals surface area contributed by atoms with Crippen molar-refractivity contribution in [3.8, 4) is 0 Å². The van der Waals surface area contributed by atoms with Gasteiger partial charge in [0.1, 0.15) is 5.60 Å². The predicted molar refractivity (Wildman–Crippen MR) is 123 cm³/mol. The quantitative estimate of drug-likeness (QED) is 0.370. The Balaban J connectivity index is 1.53. The molecule has 1 atom stereocenters. The van der Waals surface area contributed by atoms with Crippen molar-refractivity contribution < 1.29 is 23.8 Å². The molecule has 0 bridgehead atoms. The van der Waals surface area contributed by atoms with Gasteiger partial charge in [0.05, 0.1) is 38.8 Å². The Kier molecular flexibility index (Phi) is 11.7. The summed E-state index contributed by atoms with van der Waals surface area (Å²) in [6.45, 7) is 11.6. The number of ether oxygens (including phenoxy) is 3. The summed E-state index contributed by atoms with van der Waals surface area (Å²) >= 11 is 0. The first kappa shape index (κ1) is 26.3. The van der Waals surface area contributed by atoms with Crippen LogP contribution in [0, 0.1) is 5.92 Å². The third-order valence-electron chi connectivity index (χ3n) is 4.88. The van der Waals surface area contributed by atoms with Crippen molar-refractivity contribution in [3.05, 3.63) is 35.9 Å². The van der Waals surface area contributed by atoms with E-state index in [2.05, 4.69) is 27.7 Å². The van der Waals surface area contributed by atoms with Gasteiger partial charge in [-0.1, -0.05) is 30.3 Å². The minimum absolute atomic E-state index is 0.0506. The van der Waals surface area contributed by atoms with E-state index in [0.29, 0.717) is 39.5 Å². The lowest BCUT2D eigenvalue weighted by Crippen LogP contribution is -2.41. The van der Waals surface area contributed by atoms with Gasteiger partial charge >= 0.3 is 5.97 Å². The van der Waals surface area contributed by atoms with Crippen molar-refractivity contribution >= 4 is 11.9 Å². The Morgan fingerprint density at radius 2 is 1.81 bits per heavy atom. The van der Waals surface area contributed by atoms with Crippen LogP contribution in [0.1, 0.15) is 32.8 Å². The summed E-state index contributed by atoms with van der Waals surface area (Å²) in [5, 5.41) is 6.33. The zero-order valence-electron chi connectivity index (χ0n) is 19.7. The lowest BCUT2D eigenvalue weighted by molar-refractivity contribution is -0.156. The van der Waals surface area contributed by atoms with Crippen LogP contribution < -0.4 is 10.6 Å². The van der Waals surface area contributed by atoms with E-state index in [1.54, 1.807) is 0 Å². The maximum absolute atomic E-state index is 12.6. The lowest BCUT2D eigenvalue weighted by atomic mass is 10.1. The van der Waals surface area contributed by atoms with Gasteiger partial charge in [-0.15, -0.1) is 0 Å². The number of nitrogens with one attached hydrogen (secondary N) is 2. The van der Waals surface area contributed by atoms with E-state index in [0.717, 1.165) is 26.2 Å². The predicted octanol–water partition coefficient (Wildman–Crippen LogP) is 1.59. The van der Waals surface area contributed by atoms with Crippen molar-refractivity contribution in [2.45, 2.75) is 39.3 Å². The summed E-state index contributed by atoms with van der Waals surface area (Å²) in [4.78, 5) is 26.5. The van der Waals surface area contributed by atoms with E-state index >= 15 is 0 Å². The fourth-order valence-electron chi connectivity index (χ4n) is 3.40. The molecule has 1 aliphatic heterocycles. The summed E-state index contributed by atoms with van der Waals surface area (Å²) in [5.74, 6) is -0.302. The highest BCUT2D eigenvalue weighted by Crippen LogP contribution is 2.10. The second-order valence-electron chi connectivity index (χ2n) is 8.97. The molecule has 0 spiro atoms. The van der Waals surface area contributed by atoms with Crippen molar-refractivity contribution in [2.24, 2.45) is 5.92 Å². The molecule has 0 aliphatic carbocycles. The number of benzene rings is 1. The Morgan fingerprint density at radius 3 is 2.53 bits per heavy atom. The monoisotopic (exact) mass is 449 g/mol. The van der Waals surface area contributed by atoms with Crippen molar-refractivity contribution in [2.75, 3.05) is 59.2 Å². The zero-order valence-corrected chi connectivity index (χ0v) is 19.7. The van der Waals surface area contributed by atoms with Crippen LogP contribution in [-0.2, 0) is 30.3 Å². The standard InChI is InChI=1S/C24H39N3O5/c1-24(2,3)32-22(28)9-13-30-15-16-31-14-11-26-23(29)21-17-25-10-12-27(19-21)18-20-7-5-4-6-8-20/h4-8,21,25H,9-19H2,1-3H3,(H,26,29). The highest BCUT2D eigenvalue weighted by atomic mass is 16.6. The van der Waals surface area contributed by atoms with E-state index in [1.165, 1.54) is 5.56 Å². The molecule has 2 rings (SSSR count). The Hall–Kier alpha value is -2.00. The number of hydrogen-bond donors (Lipinski definition) is 2. The lowest BCUT2D eigenvalue weighted by Gasteiger charge is -2.23. The van der Waals surface area contributed by atoms with E-state index in [4.69, 9.17) is 14.2 Å². The molecule has 1 aromatic rings. The van der Waals surface area contributed by atoms with E-state index in [1.807, 2.05) is 39.0 Å². The third-order valence-corrected chi connectivity index (χ3v) is 4.88. The van der Waals surface area contributed by atoms with Gasteiger partial charge in [0, 0.05) is 39.3 Å². The number of nitrogens with zero attached hydrogens (tertiary/aromatic N) is 1. The maximum Gasteiger partial charge on any atom is 0.308 e. The number of esters is 1. The fourth-order valence-corrected chi connectivity index (χ4v) is 3.40. The van der Waals surface area contributed by atoms with Crippen LogP contribution in [0.5, 0.6) is 0 Å². The fraction of sp³-hybridized carbons (Fsp3) is 0.667. The largest absolute Gasteiger partial charge is 0.460 e. The summed E-state index contributed by atoms with van der Waals surface area (Å²) in [5.41, 5.74) is 0.785. The normalized spacial score (nSPS) is 17.5. The first-order valence-corrected chi connectivity index (χ1v) is 11.5. The summed E-state index contributed by atoms with van der Waals surface area (Å²) in [6.07, 6.45) is 0.226. The minimum atomic E-state index is -0.475. The molecule has 32 heavy (non-hydrogen) atoms. The number of carbonyl (C=O) groups excluding carboxylic acids is 2. The SMILES string of the molecule is CC(C)(C)OC(=O)CCOCCOCCNC(=O)C1CNCCN(Cc2ccccc2)C1. The Morgan fingerprint density at radius 1 is 1.09 bits per heavy atom. The third kappa shape index (κ3) is 11.6. The molecule has 0 aromatic heterocycles. The van der Waals surface area contributed by atoms with Crippen LogP contribution in [0.3, 0.4) is 0 Å². The molecule has 1 heterocycles. The average Bonchev–Trinajstić information content (AvgIpc) is 2.97. The maximum atomic E-state index is 12.6. The van der Waals surface area contributed by atoms with Gasteiger partial charge < -0.3 is 24.8 Å². The molecule has 0 saturated carbocycles. The number of rotatable bonds is 12. The summed E-state index contributed by atoms with van der Waals surface area (Å²) in [6, 6.07) is 10.3. The van der Waals surface area contributed by atoms with Crippen molar-refractivity contribution in [1.29, 1.82) is 0 Å². The second-order valence-corrected chi connectivity index (χ2v) is 8.97. The van der Waals surface area contributed by atoms with Crippen molar-refractivity contribution in [3.63, 3.8) is 0 Å². The molecule has 2 N–H and O–H groups in total. The number of carbonyl (C=O) groups is 2. The molecule has 0 radical (unpaired) electrons. The Bertz CT molecular complexity index is 678. The van der Waals surface area contributed by atoms with Gasteiger partial charge in [-0.25, -0.2) is 0 Å². The molecular formula is C24H39N3O5. The molecule has 1 aromatic carbocycles. The van der Waals surface area contributed by atoms with Gasteiger partial charge in [-0.3, -0.25) is 14.5 Å². The van der Waals surface area contributed by atoms with Gasteiger partial charge in [0.2, 0.25) is 5.91 Å². The molecule has 8 heteroatoms. The van der Waals surface area contributed by atoms with Crippen LogP contribution >= 0.6 is 0 Å². The highest BCUT2D eigenvalue weighted by molar-refractivity contribution is 5.79. The summed E-state index contributed by atoms with van der Waals surface area (Å²) in [7, 11) is 0. The van der Waals surface area contributed by atoms with Gasteiger partial charge in [-0.2, -0.15) is 0 Å². The zero-order chi connectivity index (χ0) is 23.2. The van der Waals surface area contributed by atoms with Crippen LogP contribution in [0.2, 0.25) is 0 Å². The molecule has 1 amide bonds. The molecular weight excluding hydrogens is 410 g/mol. The van der Waals surface area contributed by atoms with Crippen molar-refractivity contribution in [1.82, 2.24) is 15.5 Å². The average molecular weight is 450 g/mol. The molecule has 1 saturated heterocycles. The number of hydrogen-bond acceptors (Lipinski definition) is 7. The molecule has 180 valence electrons. The molecule has 1 fully saturated rings. The van der Waals surface area contributed by atoms with Gasteiger partial charge in [0.15, 0.2) is 0 Å². The highest BCUT2D eigenvalue weighted by Gasteiger charge is 2.24. The van der Waals surface area contributed by atoms with Crippen LogP contribution in [-0.4, -0.2) is 81.5 Å². The first-order valence-electron chi connectivity index (χ1n) is 11.5. The van der Waals surface area contributed by atoms with E-state index in [9.17, 15) is 9.59 Å². The molecule has 8 nitrogen and oxygen atoms in total. The summed E-state index contributed by atoms with van der Waals surface area (Å²) < 4.78 is 16.1.